The van der Waals surface area contributed by atoms with Gasteiger partial charge in [-0.2, -0.15) is 0 Å². The van der Waals surface area contributed by atoms with Crippen LogP contribution in [0.4, 0.5) is 4.39 Å². The molecule has 1 aromatic carbocycles. The lowest BCUT2D eigenvalue weighted by molar-refractivity contribution is -0.126. The zero-order valence-electron chi connectivity index (χ0n) is 10.2. The minimum Gasteiger partial charge on any atom is -0.480 e. The second-order valence-electron chi connectivity index (χ2n) is 3.85. The summed E-state index contributed by atoms with van der Waals surface area (Å²) in [6.07, 6.45) is -0.695. The van der Waals surface area contributed by atoms with Crippen LogP contribution in [0, 0.1) is 5.82 Å². The number of ether oxygens (including phenoxy) is 1. The summed E-state index contributed by atoms with van der Waals surface area (Å²) in [5, 5.41) is 2.46. The van der Waals surface area contributed by atoms with Crippen molar-refractivity contribution < 1.29 is 13.9 Å². The molecule has 1 amide bonds. The van der Waals surface area contributed by atoms with E-state index in [0.717, 1.165) is 0 Å². The smallest absolute Gasteiger partial charge is 0.260 e. The summed E-state index contributed by atoms with van der Waals surface area (Å²) in [6, 6.07) is 3.82. The number of likely N-dealkylation sites (N-methyl/N-ethyl adjacent to an activating group) is 1. The van der Waals surface area contributed by atoms with Crippen LogP contribution in [0.5, 0.6) is 5.75 Å². The maximum atomic E-state index is 13.1. The first kappa shape index (κ1) is 13.4. The van der Waals surface area contributed by atoms with E-state index in [4.69, 9.17) is 10.5 Å². The highest BCUT2D eigenvalue weighted by atomic mass is 19.1. The van der Waals surface area contributed by atoms with Crippen molar-refractivity contribution in [2.24, 2.45) is 5.73 Å². The first-order chi connectivity index (χ1) is 7.95. The van der Waals surface area contributed by atoms with Gasteiger partial charge in [-0.3, -0.25) is 4.79 Å². The van der Waals surface area contributed by atoms with Crippen LogP contribution >= 0.6 is 0 Å². The molecule has 0 aliphatic heterocycles. The summed E-state index contributed by atoms with van der Waals surface area (Å²) in [5.41, 5.74) is 6.41. The summed E-state index contributed by atoms with van der Waals surface area (Å²) in [7, 11) is 1.51. The summed E-state index contributed by atoms with van der Waals surface area (Å²) < 4.78 is 18.5. The molecule has 2 atom stereocenters. The molecule has 1 unspecified atom stereocenters. The molecule has 4 nitrogen and oxygen atoms in total. The molecule has 0 fully saturated rings. The number of rotatable bonds is 4. The van der Waals surface area contributed by atoms with Crippen molar-refractivity contribution in [3.63, 3.8) is 0 Å². The topological polar surface area (TPSA) is 64.3 Å². The molecule has 0 radical (unpaired) electrons. The molecule has 0 aliphatic rings. The molecule has 0 aliphatic carbocycles. The normalized spacial score (nSPS) is 13.9. The monoisotopic (exact) mass is 240 g/mol. The number of nitrogens with one attached hydrogen (secondary N) is 1. The molecular formula is C12H17FN2O2. The van der Waals surface area contributed by atoms with Gasteiger partial charge in [0.15, 0.2) is 6.10 Å². The largest absolute Gasteiger partial charge is 0.480 e. The molecule has 0 saturated heterocycles. The maximum absolute atomic E-state index is 13.1. The molecule has 0 bridgehead atoms. The third-order valence-electron chi connectivity index (χ3n) is 2.39. The van der Waals surface area contributed by atoms with Gasteiger partial charge >= 0.3 is 0 Å². The fraction of sp³-hybridized carbons (Fsp3) is 0.417. The fourth-order valence-electron chi connectivity index (χ4n) is 1.43. The van der Waals surface area contributed by atoms with Gasteiger partial charge in [-0.1, -0.05) is 6.07 Å². The average molecular weight is 240 g/mol. The van der Waals surface area contributed by atoms with Crippen molar-refractivity contribution in [2.75, 3.05) is 7.05 Å². The zero-order valence-corrected chi connectivity index (χ0v) is 10.2. The Morgan fingerprint density at radius 3 is 2.65 bits per heavy atom. The Kier molecular flexibility index (Phi) is 4.45. The Balaban J connectivity index is 2.96. The van der Waals surface area contributed by atoms with Crippen molar-refractivity contribution in [3.05, 3.63) is 29.6 Å². The molecule has 0 spiro atoms. The van der Waals surface area contributed by atoms with Crippen LogP contribution in [0.3, 0.4) is 0 Å². The number of hydrogen-bond acceptors (Lipinski definition) is 3. The van der Waals surface area contributed by atoms with E-state index in [2.05, 4.69) is 5.32 Å². The number of carbonyl (C=O) groups excluding carboxylic acids is 1. The Bertz CT molecular complexity index is 407. The predicted molar refractivity (Wildman–Crippen MR) is 63.2 cm³/mol. The third-order valence-corrected chi connectivity index (χ3v) is 2.39. The summed E-state index contributed by atoms with van der Waals surface area (Å²) in [5.74, 6) is -0.394. The minimum absolute atomic E-state index is 0.273. The third kappa shape index (κ3) is 3.42. The Morgan fingerprint density at radius 1 is 1.47 bits per heavy atom. The number of amides is 1. The molecule has 1 aromatic rings. The van der Waals surface area contributed by atoms with Gasteiger partial charge in [-0.25, -0.2) is 4.39 Å². The lowest BCUT2D eigenvalue weighted by Gasteiger charge is -2.18. The van der Waals surface area contributed by atoms with Gasteiger partial charge in [0.2, 0.25) is 0 Å². The van der Waals surface area contributed by atoms with E-state index in [1.807, 2.05) is 0 Å². The molecule has 3 N–H and O–H groups in total. The zero-order chi connectivity index (χ0) is 13.0. The number of nitrogens with two attached hydrogens (primary N) is 1. The summed E-state index contributed by atoms with van der Waals surface area (Å²) in [4.78, 5) is 11.3. The van der Waals surface area contributed by atoms with E-state index in [-0.39, 0.29) is 11.9 Å². The van der Waals surface area contributed by atoms with E-state index in [1.165, 1.54) is 19.2 Å². The second-order valence-corrected chi connectivity index (χ2v) is 3.85. The minimum atomic E-state index is -0.695. The maximum Gasteiger partial charge on any atom is 0.260 e. The first-order valence-corrected chi connectivity index (χ1v) is 5.39. The highest BCUT2D eigenvalue weighted by Crippen LogP contribution is 2.25. The van der Waals surface area contributed by atoms with Crippen LogP contribution in [0.25, 0.3) is 0 Å². The predicted octanol–water partition coefficient (Wildman–Crippen LogP) is 1.36. The Labute approximate surface area is 100.0 Å². The van der Waals surface area contributed by atoms with Crippen molar-refractivity contribution >= 4 is 5.91 Å². The lowest BCUT2D eigenvalue weighted by atomic mass is 10.1. The molecule has 5 heteroatoms. The molecule has 17 heavy (non-hydrogen) atoms. The van der Waals surface area contributed by atoms with E-state index >= 15 is 0 Å². The first-order valence-electron chi connectivity index (χ1n) is 5.39. The van der Waals surface area contributed by atoms with E-state index < -0.39 is 11.9 Å². The standard InChI is InChI=1S/C12H17FN2O2/c1-7(14)10-5-4-9(13)6-11(10)17-8(2)12(16)15-3/h4-8H,14H2,1-3H3,(H,15,16)/t7-,8?/m1/s1. The highest BCUT2D eigenvalue weighted by Gasteiger charge is 2.16. The van der Waals surface area contributed by atoms with Crippen molar-refractivity contribution in [1.29, 1.82) is 0 Å². The van der Waals surface area contributed by atoms with Crippen molar-refractivity contribution in [1.82, 2.24) is 5.32 Å². The van der Waals surface area contributed by atoms with Crippen LogP contribution in [0.1, 0.15) is 25.5 Å². The van der Waals surface area contributed by atoms with E-state index in [0.29, 0.717) is 11.3 Å². The van der Waals surface area contributed by atoms with Crippen LogP contribution in [0.2, 0.25) is 0 Å². The van der Waals surface area contributed by atoms with Crippen molar-refractivity contribution in [2.45, 2.75) is 26.0 Å². The molecular weight excluding hydrogens is 223 g/mol. The SMILES string of the molecule is CNC(=O)C(C)Oc1cc(F)ccc1[C@@H](C)N. The Hall–Kier alpha value is -1.62. The number of carbonyl (C=O) groups is 1. The fourth-order valence-corrected chi connectivity index (χ4v) is 1.43. The van der Waals surface area contributed by atoms with Gasteiger partial charge in [0.05, 0.1) is 0 Å². The van der Waals surface area contributed by atoms with Gasteiger partial charge in [0.1, 0.15) is 11.6 Å². The lowest BCUT2D eigenvalue weighted by Crippen LogP contribution is -2.34. The molecule has 94 valence electrons. The molecule has 0 saturated carbocycles. The van der Waals surface area contributed by atoms with Crippen LogP contribution in [-0.4, -0.2) is 19.1 Å². The van der Waals surface area contributed by atoms with Crippen LogP contribution in [0.15, 0.2) is 18.2 Å². The van der Waals surface area contributed by atoms with Crippen LogP contribution < -0.4 is 15.8 Å². The average Bonchev–Trinajstić information content (AvgIpc) is 2.27. The van der Waals surface area contributed by atoms with Gasteiger partial charge in [0.25, 0.3) is 5.91 Å². The number of hydrogen-bond donors (Lipinski definition) is 2. The summed E-state index contributed by atoms with van der Waals surface area (Å²) >= 11 is 0. The van der Waals surface area contributed by atoms with Gasteiger partial charge in [-0.15, -0.1) is 0 Å². The highest BCUT2D eigenvalue weighted by molar-refractivity contribution is 5.80. The number of halogens is 1. The molecule has 1 rings (SSSR count). The van der Waals surface area contributed by atoms with Crippen molar-refractivity contribution in [3.8, 4) is 5.75 Å². The van der Waals surface area contributed by atoms with E-state index in [1.54, 1.807) is 19.9 Å². The number of benzene rings is 1. The van der Waals surface area contributed by atoms with E-state index in [9.17, 15) is 9.18 Å². The molecule has 0 aromatic heterocycles. The van der Waals surface area contributed by atoms with Gasteiger partial charge < -0.3 is 15.8 Å². The molecule has 0 heterocycles. The van der Waals surface area contributed by atoms with Gasteiger partial charge in [0, 0.05) is 24.7 Å². The van der Waals surface area contributed by atoms with Gasteiger partial charge in [-0.05, 0) is 19.9 Å². The van der Waals surface area contributed by atoms with Crippen LogP contribution in [-0.2, 0) is 4.79 Å². The summed E-state index contributed by atoms with van der Waals surface area (Å²) in [6.45, 7) is 3.36. The quantitative estimate of drug-likeness (QED) is 0.835. The second kappa shape index (κ2) is 5.63. The Morgan fingerprint density at radius 2 is 2.12 bits per heavy atom.